The molecule has 2 N–H and O–H groups in total. The van der Waals surface area contributed by atoms with E-state index in [2.05, 4.69) is 10.6 Å². The topological polar surface area (TPSA) is 33.3 Å². The smallest absolute Gasteiger partial charge is 0.0724 e. The van der Waals surface area contributed by atoms with Gasteiger partial charge in [-0.3, -0.25) is 0 Å². The van der Waals surface area contributed by atoms with Crippen molar-refractivity contribution < 1.29 is 4.74 Å². The molecule has 2 aliphatic heterocycles. The summed E-state index contributed by atoms with van der Waals surface area (Å²) >= 11 is 0. The molecule has 92 valence electrons. The van der Waals surface area contributed by atoms with Crippen LogP contribution in [-0.4, -0.2) is 37.9 Å². The first-order valence-electron chi connectivity index (χ1n) is 6.89. The van der Waals surface area contributed by atoms with Gasteiger partial charge in [-0.15, -0.1) is 0 Å². The first-order chi connectivity index (χ1) is 7.86. The second-order valence-corrected chi connectivity index (χ2v) is 5.76. The van der Waals surface area contributed by atoms with Gasteiger partial charge in [-0.1, -0.05) is 0 Å². The number of hydrogen-bond donors (Lipinski definition) is 2. The monoisotopic (exact) mass is 224 g/mol. The average molecular weight is 224 g/mol. The molecule has 1 aliphatic carbocycles. The van der Waals surface area contributed by atoms with Crippen LogP contribution in [0.3, 0.4) is 0 Å². The zero-order valence-corrected chi connectivity index (χ0v) is 10.2. The van der Waals surface area contributed by atoms with E-state index in [0.29, 0.717) is 12.1 Å². The molecule has 0 aromatic carbocycles. The highest BCUT2D eigenvalue weighted by molar-refractivity contribution is 4.98. The number of ether oxygens (including phenoxy) is 1. The number of hydrogen-bond acceptors (Lipinski definition) is 3. The largest absolute Gasteiger partial charge is 0.380 e. The van der Waals surface area contributed by atoms with Gasteiger partial charge in [-0.25, -0.2) is 0 Å². The van der Waals surface area contributed by atoms with Gasteiger partial charge in [0.05, 0.1) is 6.10 Å². The number of fused-ring (bicyclic) bond motifs is 2. The maximum Gasteiger partial charge on any atom is 0.0724 e. The molecule has 2 saturated heterocycles. The van der Waals surface area contributed by atoms with Gasteiger partial charge in [-0.2, -0.15) is 0 Å². The second kappa shape index (κ2) is 4.63. The summed E-state index contributed by atoms with van der Waals surface area (Å²) in [5.74, 6) is 0.872. The summed E-state index contributed by atoms with van der Waals surface area (Å²) in [7, 11) is 1.85. The lowest BCUT2D eigenvalue weighted by atomic mass is 9.89. The van der Waals surface area contributed by atoms with Crippen molar-refractivity contribution in [1.29, 1.82) is 0 Å². The van der Waals surface area contributed by atoms with E-state index in [-0.39, 0.29) is 0 Å². The van der Waals surface area contributed by atoms with Crippen LogP contribution in [0.2, 0.25) is 0 Å². The summed E-state index contributed by atoms with van der Waals surface area (Å²) in [5.41, 5.74) is 0. The lowest BCUT2D eigenvalue weighted by molar-refractivity contribution is 0.0834. The first-order valence-corrected chi connectivity index (χ1v) is 6.89. The molecule has 1 saturated carbocycles. The molecule has 16 heavy (non-hydrogen) atoms. The van der Waals surface area contributed by atoms with E-state index in [0.717, 1.165) is 18.0 Å². The summed E-state index contributed by atoms with van der Waals surface area (Å²) < 4.78 is 5.52. The summed E-state index contributed by atoms with van der Waals surface area (Å²) in [6.45, 7) is 1.19. The van der Waals surface area contributed by atoms with E-state index in [1.807, 2.05) is 7.11 Å². The Kier molecular flexibility index (Phi) is 3.18. The maximum absolute atomic E-state index is 5.52. The molecule has 2 heterocycles. The Morgan fingerprint density at radius 3 is 2.88 bits per heavy atom. The van der Waals surface area contributed by atoms with Crippen LogP contribution in [0.1, 0.15) is 38.5 Å². The Morgan fingerprint density at radius 2 is 2.19 bits per heavy atom. The van der Waals surface area contributed by atoms with Crippen molar-refractivity contribution in [3.05, 3.63) is 0 Å². The molecule has 3 aliphatic rings. The van der Waals surface area contributed by atoms with Gasteiger partial charge in [-0.05, 0) is 51.0 Å². The Morgan fingerprint density at radius 1 is 1.25 bits per heavy atom. The fourth-order valence-electron chi connectivity index (χ4n) is 3.91. The molecule has 3 fully saturated rings. The van der Waals surface area contributed by atoms with Gasteiger partial charge in [0.1, 0.15) is 0 Å². The Balaban J connectivity index is 1.46. The third kappa shape index (κ3) is 2.01. The van der Waals surface area contributed by atoms with Gasteiger partial charge in [0.2, 0.25) is 0 Å². The van der Waals surface area contributed by atoms with E-state index < -0.39 is 0 Å². The van der Waals surface area contributed by atoms with Gasteiger partial charge in [0.25, 0.3) is 0 Å². The number of nitrogens with one attached hydrogen (secondary N) is 2. The van der Waals surface area contributed by atoms with Crippen LogP contribution in [0.5, 0.6) is 0 Å². The average Bonchev–Trinajstić information content (AvgIpc) is 3.01. The van der Waals surface area contributed by atoms with E-state index in [1.54, 1.807) is 0 Å². The van der Waals surface area contributed by atoms with Crippen LogP contribution < -0.4 is 10.6 Å². The highest BCUT2D eigenvalue weighted by atomic mass is 16.5. The van der Waals surface area contributed by atoms with E-state index in [4.69, 9.17) is 4.74 Å². The molecular formula is C13H24N2O. The van der Waals surface area contributed by atoms with Crippen molar-refractivity contribution in [2.75, 3.05) is 13.7 Å². The van der Waals surface area contributed by atoms with Gasteiger partial charge < -0.3 is 15.4 Å². The lowest BCUT2D eigenvalue weighted by Gasteiger charge is -2.25. The highest BCUT2D eigenvalue weighted by Gasteiger charge is 2.39. The van der Waals surface area contributed by atoms with Crippen LogP contribution in [-0.2, 0) is 4.74 Å². The normalized spacial score (nSPS) is 46.7. The Labute approximate surface area is 98.3 Å². The third-order valence-electron chi connectivity index (χ3n) is 4.83. The highest BCUT2D eigenvalue weighted by Crippen LogP contribution is 2.33. The lowest BCUT2D eigenvalue weighted by Crippen LogP contribution is -2.41. The summed E-state index contributed by atoms with van der Waals surface area (Å²) in [6, 6.07) is 2.25. The molecule has 5 unspecified atom stereocenters. The molecule has 2 bridgehead atoms. The van der Waals surface area contributed by atoms with E-state index in [9.17, 15) is 0 Å². The minimum absolute atomic E-state index is 0.464. The van der Waals surface area contributed by atoms with Crippen LogP contribution in [0.25, 0.3) is 0 Å². The molecule has 0 spiro atoms. The van der Waals surface area contributed by atoms with E-state index >= 15 is 0 Å². The fraction of sp³-hybridized carbons (Fsp3) is 1.00. The molecule has 3 heteroatoms. The molecule has 0 aromatic heterocycles. The van der Waals surface area contributed by atoms with Gasteiger partial charge in [0, 0.05) is 25.2 Å². The fourth-order valence-corrected chi connectivity index (χ4v) is 3.91. The predicted molar refractivity (Wildman–Crippen MR) is 64.5 cm³/mol. The quantitative estimate of drug-likeness (QED) is 0.755. The zero-order valence-electron chi connectivity index (χ0n) is 10.2. The zero-order chi connectivity index (χ0) is 11.0. The van der Waals surface area contributed by atoms with Crippen molar-refractivity contribution in [2.45, 2.75) is 62.8 Å². The van der Waals surface area contributed by atoms with Crippen LogP contribution in [0, 0.1) is 5.92 Å². The first kappa shape index (κ1) is 11.0. The standard InChI is InChI=1S/C13H24N2O/c1-16-13-4-2-3-12(13)14-8-9-7-10-5-6-11(9)15-10/h9-15H,2-8H2,1H3. The van der Waals surface area contributed by atoms with E-state index in [1.165, 1.54) is 45.1 Å². The van der Waals surface area contributed by atoms with Gasteiger partial charge >= 0.3 is 0 Å². The molecule has 0 aromatic rings. The molecule has 3 rings (SSSR count). The van der Waals surface area contributed by atoms with Crippen molar-refractivity contribution in [3.8, 4) is 0 Å². The molecular weight excluding hydrogens is 200 g/mol. The SMILES string of the molecule is COC1CCCC1NCC1CC2CCC1N2. The van der Waals surface area contributed by atoms with Gasteiger partial charge in [0.15, 0.2) is 0 Å². The number of rotatable bonds is 4. The van der Waals surface area contributed by atoms with Crippen molar-refractivity contribution >= 4 is 0 Å². The second-order valence-electron chi connectivity index (χ2n) is 5.76. The van der Waals surface area contributed by atoms with Crippen LogP contribution in [0.4, 0.5) is 0 Å². The third-order valence-corrected chi connectivity index (χ3v) is 4.83. The van der Waals surface area contributed by atoms with Crippen molar-refractivity contribution in [3.63, 3.8) is 0 Å². The molecule has 0 amide bonds. The Bertz CT molecular complexity index is 240. The summed E-state index contributed by atoms with van der Waals surface area (Å²) in [6.07, 6.45) is 8.52. The maximum atomic E-state index is 5.52. The summed E-state index contributed by atoms with van der Waals surface area (Å²) in [4.78, 5) is 0. The molecule has 0 radical (unpaired) electrons. The molecule has 5 atom stereocenters. The molecule has 3 nitrogen and oxygen atoms in total. The predicted octanol–water partition coefficient (Wildman–Crippen LogP) is 1.28. The minimum Gasteiger partial charge on any atom is -0.380 e. The minimum atomic E-state index is 0.464. The van der Waals surface area contributed by atoms with Crippen molar-refractivity contribution in [1.82, 2.24) is 10.6 Å². The summed E-state index contributed by atoms with van der Waals surface area (Å²) in [5, 5.41) is 7.45. The van der Waals surface area contributed by atoms with Crippen LogP contribution >= 0.6 is 0 Å². The van der Waals surface area contributed by atoms with Crippen molar-refractivity contribution in [2.24, 2.45) is 5.92 Å². The Hall–Kier alpha value is -0.120. The van der Waals surface area contributed by atoms with Crippen LogP contribution in [0.15, 0.2) is 0 Å². The number of methoxy groups -OCH3 is 1.